The van der Waals surface area contributed by atoms with Crippen LogP contribution in [0.3, 0.4) is 0 Å². The van der Waals surface area contributed by atoms with Crippen molar-refractivity contribution >= 4 is 35.5 Å². The third-order valence-electron chi connectivity index (χ3n) is 5.00. The predicted molar refractivity (Wildman–Crippen MR) is 128 cm³/mol. The molecule has 1 amide bonds. The first kappa shape index (κ1) is 22.2. The van der Waals surface area contributed by atoms with E-state index in [2.05, 4.69) is 67.1 Å². The molecule has 1 heterocycles. The fraction of sp³-hybridized carbons (Fsp3) is 0.250. The molecule has 0 spiro atoms. The normalized spacial score (nSPS) is 11.2. The number of aromatic nitrogens is 1. The molecule has 0 radical (unpaired) electrons. The number of hydrazone groups is 1. The monoisotopic (exact) mass is 439 g/mol. The second-order valence-corrected chi connectivity index (χ2v) is 8.77. The van der Waals surface area contributed by atoms with E-state index in [1.54, 1.807) is 6.21 Å². The third kappa shape index (κ3) is 5.55. The van der Waals surface area contributed by atoms with E-state index >= 15 is 0 Å². The lowest BCUT2D eigenvalue weighted by Crippen LogP contribution is -2.19. The highest BCUT2D eigenvalue weighted by atomic mass is 35.5. The Labute approximate surface area is 187 Å². The minimum atomic E-state index is -0.124. The van der Waals surface area contributed by atoms with Crippen molar-refractivity contribution in [2.24, 2.45) is 5.10 Å². The minimum absolute atomic E-state index is 0.124. The summed E-state index contributed by atoms with van der Waals surface area (Å²) in [5, 5.41) is 4.86. The molecule has 2 aromatic carbocycles. The van der Waals surface area contributed by atoms with Crippen LogP contribution >= 0.6 is 23.4 Å². The Morgan fingerprint density at radius 2 is 1.90 bits per heavy atom. The van der Waals surface area contributed by atoms with Gasteiger partial charge in [-0.05, 0) is 74.7 Å². The van der Waals surface area contributed by atoms with Gasteiger partial charge in [-0.3, -0.25) is 4.79 Å². The second kappa shape index (κ2) is 10.0. The highest BCUT2D eigenvalue weighted by Gasteiger charge is 2.10. The van der Waals surface area contributed by atoms with Crippen LogP contribution in [0.2, 0.25) is 5.02 Å². The number of rotatable bonds is 7. The first-order valence-electron chi connectivity index (χ1n) is 9.76. The first-order valence-corrected chi connectivity index (χ1v) is 11.3. The van der Waals surface area contributed by atoms with E-state index in [0.717, 1.165) is 34.0 Å². The van der Waals surface area contributed by atoms with Gasteiger partial charge in [-0.2, -0.15) is 5.10 Å². The molecule has 0 aliphatic rings. The molecule has 0 aliphatic heterocycles. The molecule has 4 nitrogen and oxygen atoms in total. The molecule has 6 heteroatoms. The molecule has 156 valence electrons. The number of carbonyl (C=O) groups excluding carboxylic acids is 1. The number of nitrogens with zero attached hydrogens (tertiary/aromatic N) is 2. The fourth-order valence-corrected chi connectivity index (χ4v) is 4.25. The van der Waals surface area contributed by atoms with Gasteiger partial charge >= 0.3 is 0 Å². The molecule has 0 aliphatic carbocycles. The lowest BCUT2D eigenvalue weighted by atomic mass is 10.1. The van der Waals surface area contributed by atoms with E-state index in [1.165, 1.54) is 22.9 Å². The summed E-state index contributed by atoms with van der Waals surface area (Å²) in [4.78, 5) is 12.1. The highest BCUT2D eigenvalue weighted by molar-refractivity contribution is 7.99. The van der Waals surface area contributed by atoms with Crippen molar-refractivity contribution in [2.75, 3.05) is 5.75 Å². The molecule has 3 rings (SSSR count). The number of amides is 1. The Bertz CT molecular complexity index is 1090. The van der Waals surface area contributed by atoms with E-state index in [1.807, 2.05) is 24.3 Å². The molecule has 0 saturated carbocycles. The summed E-state index contributed by atoms with van der Waals surface area (Å²) in [6.07, 6.45) is 1.71. The third-order valence-corrected chi connectivity index (χ3v) is 6.24. The van der Waals surface area contributed by atoms with Crippen LogP contribution in [0, 0.1) is 27.7 Å². The molecular weight excluding hydrogens is 414 g/mol. The minimum Gasteiger partial charge on any atom is -0.318 e. The van der Waals surface area contributed by atoms with Crippen molar-refractivity contribution < 1.29 is 4.79 Å². The van der Waals surface area contributed by atoms with Crippen molar-refractivity contribution in [1.29, 1.82) is 0 Å². The molecule has 1 aromatic heterocycles. The van der Waals surface area contributed by atoms with E-state index in [0.29, 0.717) is 10.8 Å². The highest BCUT2D eigenvalue weighted by Crippen LogP contribution is 2.22. The standard InChI is InChI=1S/C24H26ClN3OS/c1-16-8-9-23(10-17(16)2)28-18(3)11-21(19(28)4)13-26-27-24(29)15-30-14-20-6-5-7-22(25)12-20/h5-13H,14-15H2,1-4H3,(H,27,29)/b26-13+. The quantitative estimate of drug-likeness (QED) is 0.376. The number of carbonyl (C=O) groups is 1. The summed E-state index contributed by atoms with van der Waals surface area (Å²) in [5.41, 5.74) is 10.6. The fourth-order valence-electron chi connectivity index (χ4n) is 3.27. The Morgan fingerprint density at radius 1 is 1.10 bits per heavy atom. The summed E-state index contributed by atoms with van der Waals surface area (Å²) in [7, 11) is 0. The van der Waals surface area contributed by atoms with Crippen molar-refractivity contribution in [1.82, 2.24) is 9.99 Å². The molecule has 0 bridgehead atoms. The predicted octanol–water partition coefficient (Wildman–Crippen LogP) is 5.75. The van der Waals surface area contributed by atoms with Crippen LogP contribution in [-0.2, 0) is 10.5 Å². The summed E-state index contributed by atoms with van der Waals surface area (Å²) in [5.74, 6) is 0.946. The summed E-state index contributed by atoms with van der Waals surface area (Å²) < 4.78 is 2.20. The summed E-state index contributed by atoms with van der Waals surface area (Å²) in [6.45, 7) is 8.37. The molecule has 0 saturated heterocycles. The maximum atomic E-state index is 12.1. The van der Waals surface area contributed by atoms with Crippen LogP contribution in [0.25, 0.3) is 5.69 Å². The smallest absolute Gasteiger partial charge is 0.250 e. The number of halogens is 1. The molecule has 3 aromatic rings. The van der Waals surface area contributed by atoms with Gasteiger partial charge in [-0.25, -0.2) is 5.43 Å². The van der Waals surface area contributed by atoms with Crippen LogP contribution in [-0.4, -0.2) is 22.4 Å². The van der Waals surface area contributed by atoms with Crippen LogP contribution < -0.4 is 5.43 Å². The SMILES string of the molecule is Cc1ccc(-n2c(C)cc(/C=N/NC(=O)CSCc3cccc(Cl)c3)c2C)cc1C. The van der Waals surface area contributed by atoms with Crippen LogP contribution in [0.5, 0.6) is 0 Å². The summed E-state index contributed by atoms with van der Waals surface area (Å²) >= 11 is 7.51. The van der Waals surface area contributed by atoms with E-state index in [9.17, 15) is 4.79 Å². The van der Waals surface area contributed by atoms with Crippen molar-refractivity contribution in [3.8, 4) is 5.69 Å². The maximum absolute atomic E-state index is 12.1. The largest absolute Gasteiger partial charge is 0.318 e. The van der Waals surface area contributed by atoms with Crippen LogP contribution in [0.1, 0.15) is 33.6 Å². The van der Waals surface area contributed by atoms with Gasteiger partial charge in [-0.1, -0.05) is 29.8 Å². The average molecular weight is 440 g/mol. The lowest BCUT2D eigenvalue weighted by molar-refractivity contribution is -0.118. The second-order valence-electron chi connectivity index (χ2n) is 7.35. The Kier molecular flexibility index (Phi) is 7.40. The van der Waals surface area contributed by atoms with Gasteiger partial charge in [0.2, 0.25) is 5.91 Å². The summed E-state index contributed by atoms with van der Waals surface area (Å²) in [6, 6.07) is 16.2. The lowest BCUT2D eigenvalue weighted by Gasteiger charge is -2.11. The number of hydrogen-bond donors (Lipinski definition) is 1. The molecule has 30 heavy (non-hydrogen) atoms. The molecule has 1 N–H and O–H groups in total. The Balaban J connectivity index is 1.58. The van der Waals surface area contributed by atoms with Gasteiger partial charge in [0.1, 0.15) is 0 Å². The Hall–Kier alpha value is -2.50. The van der Waals surface area contributed by atoms with Gasteiger partial charge < -0.3 is 4.57 Å². The number of aryl methyl sites for hydroxylation is 3. The molecule has 0 fully saturated rings. The zero-order chi connectivity index (χ0) is 21.7. The number of hydrogen-bond acceptors (Lipinski definition) is 3. The molecule has 0 unspecified atom stereocenters. The number of thioether (sulfide) groups is 1. The van der Waals surface area contributed by atoms with Gasteiger partial charge in [-0.15, -0.1) is 11.8 Å². The van der Waals surface area contributed by atoms with Crippen molar-refractivity contribution in [3.63, 3.8) is 0 Å². The van der Waals surface area contributed by atoms with Gasteiger partial charge in [0.05, 0.1) is 12.0 Å². The van der Waals surface area contributed by atoms with Crippen LogP contribution in [0.15, 0.2) is 53.6 Å². The van der Waals surface area contributed by atoms with E-state index in [4.69, 9.17) is 11.6 Å². The first-order chi connectivity index (χ1) is 14.3. The van der Waals surface area contributed by atoms with E-state index in [-0.39, 0.29) is 5.91 Å². The van der Waals surface area contributed by atoms with Gasteiger partial charge in [0.25, 0.3) is 0 Å². The van der Waals surface area contributed by atoms with Crippen LogP contribution in [0.4, 0.5) is 0 Å². The van der Waals surface area contributed by atoms with E-state index < -0.39 is 0 Å². The van der Waals surface area contributed by atoms with Crippen molar-refractivity contribution in [2.45, 2.75) is 33.4 Å². The van der Waals surface area contributed by atoms with Gasteiger partial charge in [0.15, 0.2) is 0 Å². The number of nitrogens with one attached hydrogen (secondary N) is 1. The topological polar surface area (TPSA) is 46.4 Å². The van der Waals surface area contributed by atoms with Crippen molar-refractivity contribution in [3.05, 3.63) is 87.2 Å². The Morgan fingerprint density at radius 3 is 2.63 bits per heavy atom. The zero-order valence-electron chi connectivity index (χ0n) is 17.7. The number of benzene rings is 2. The maximum Gasteiger partial charge on any atom is 0.250 e. The van der Waals surface area contributed by atoms with Gasteiger partial charge in [0, 0.05) is 33.4 Å². The molecule has 0 atom stereocenters. The molecular formula is C24H26ClN3OS. The zero-order valence-corrected chi connectivity index (χ0v) is 19.3. The average Bonchev–Trinajstić information content (AvgIpc) is 2.97.